The summed E-state index contributed by atoms with van der Waals surface area (Å²) in [5.74, 6) is -0.425. The highest BCUT2D eigenvalue weighted by atomic mass is 32.2. The number of carbonyl (C=O) groups is 3. The summed E-state index contributed by atoms with van der Waals surface area (Å²) in [5, 5.41) is 12.7. The standard InChI is InChI=1S/C24H28N2O5S2/c1-2-31-24(30)20(15-33-18-11-7-4-8-12-18)25-19-14-32-16-21(17-9-5-3-6-10-17)26(23(19)29)13-22(27)28/h3-12,19-21,25H,2,13-16H2,1H3,(H,27,28). The van der Waals surface area contributed by atoms with Gasteiger partial charge in [0.1, 0.15) is 12.6 Å². The number of thioether (sulfide) groups is 2. The smallest absolute Gasteiger partial charge is 0.324 e. The average molecular weight is 489 g/mol. The lowest BCUT2D eigenvalue weighted by Crippen LogP contribution is -2.54. The van der Waals surface area contributed by atoms with Crippen LogP contribution in [0.1, 0.15) is 18.5 Å². The van der Waals surface area contributed by atoms with Crippen molar-refractivity contribution >= 4 is 41.4 Å². The van der Waals surface area contributed by atoms with E-state index in [1.54, 1.807) is 18.7 Å². The first-order valence-corrected chi connectivity index (χ1v) is 12.9. The number of ether oxygens (including phenoxy) is 1. The number of hydrogen-bond acceptors (Lipinski definition) is 7. The van der Waals surface area contributed by atoms with Crippen molar-refractivity contribution in [1.29, 1.82) is 0 Å². The van der Waals surface area contributed by atoms with Crippen LogP contribution in [0, 0.1) is 0 Å². The Morgan fingerprint density at radius 3 is 2.45 bits per heavy atom. The summed E-state index contributed by atoms with van der Waals surface area (Å²) in [7, 11) is 0. The lowest BCUT2D eigenvalue weighted by atomic mass is 10.1. The van der Waals surface area contributed by atoms with Crippen molar-refractivity contribution in [2.24, 2.45) is 0 Å². The maximum absolute atomic E-state index is 13.5. The molecule has 0 radical (unpaired) electrons. The van der Waals surface area contributed by atoms with E-state index in [0.717, 1.165) is 10.5 Å². The van der Waals surface area contributed by atoms with Crippen molar-refractivity contribution in [1.82, 2.24) is 10.2 Å². The van der Waals surface area contributed by atoms with Gasteiger partial charge in [0.05, 0.1) is 18.7 Å². The Hall–Kier alpha value is -2.49. The molecule has 0 spiro atoms. The van der Waals surface area contributed by atoms with Gasteiger partial charge < -0.3 is 14.7 Å². The lowest BCUT2D eigenvalue weighted by Gasteiger charge is -2.31. The molecule has 0 aliphatic carbocycles. The van der Waals surface area contributed by atoms with Gasteiger partial charge in [0.2, 0.25) is 5.91 Å². The molecule has 3 rings (SSSR count). The predicted molar refractivity (Wildman–Crippen MR) is 130 cm³/mol. The van der Waals surface area contributed by atoms with Gasteiger partial charge in [-0.3, -0.25) is 19.7 Å². The van der Waals surface area contributed by atoms with Gasteiger partial charge >= 0.3 is 11.9 Å². The molecule has 0 bridgehead atoms. The van der Waals surface area contributed by atoms with Crippen LogP contribution in [0.5, 0.6) is 0 Å². The number of benzene rings is 2. The highest BCUT2D eigenvalue weighted by molar-refractivity contribution is 7.99. The number of carboxylic acids is 1. The molecule has 0 aromatic heterocycles. The molecule has 1 amide bonds. The Kier molecular flexibility index (Phi) is 9.65. The Bertz CT molecular complexity index is 929. The zero-order chi connectivity index (χ0) is 23.6. The van der Waals surface area contributed by atoms with Gasteiger partial charge in [0.25, 0.3) is 0 Å². The molecule has 33 heavy (non-hydrogen) atoms. The van der Waals surface area contributed by atoms with Crippen LogP contribution in [0.25, 0.3) is 0 Å². The van der Waals surface area contributed by atoms with Crippen molar-refractivity contribution < 1.29 is 24.2 Å². The maximum atomic E-state index is 13.5. The number of nitrogens with one attached hydrogen (secondary N) is 1. The molecule has 2 N–H and O–H groups in total. The van der Waals surface area contributed by atoms with E-state index in [1.807, 2.05) is 60.7 Å². The molecule has 3 atom stereocenters. The number of esters is 1. The number of aliphatic carboxylic acids is 1. The fourth-order valence-corrected chi connectivity index (χ4v) is 5.73. The van der Waals surface area contributed by atoms with Gasteiger partial charge in [-0.05, 0) is 24.6 Å². The largest absolute Gasteiger partial charge is 0.480 e. The molecule has 1 heterocycles. The average Bonchev–Trinajstić information content (AvgIpc) is 2.96. The summed E-state index contributed by atoms with van der Waals surface area (Å²) in [6, 6.07) is 17.4. The Morgan fingerprint density at radius 2 is 1.82 bits per heavy atom. The monoisotopic (exact) mass is 488 g/mol. The number of rotatable bonds is 10. The van der Waals surface area contributed by atoms with E-state index in [-0.39, 0.29) is 18.6 Å². The summed E-state index contributed by atoms with van der Waals surface area (Å²) in [6.07, 6.45) is 0. The van der Waals surface area contributed by atoms with E-state index in [2.05, 4.69) is 5.32 Å². The SMILES string of the molecule is CCOC(=O)C(CSc1ccccc1)NC1CSCC(c2ccccc2)N(CC(=O)O)C1=O. The molecule has 7 nitrogen and oxygen atoms in total. The van der Waals surface area contributed by atoms with Gasteiger partial charge in [0.15, 0.2) is 0 Å². The normalized spacial score (nSPS) is 19.5. The predicted octanol–water partition coefficient (Wildman–Crippen LogP) is 3.07. The van der Waals surface area contributed by atoms with Crippen molar-refractivity contribution in [3.05, 3.63) is 66.2 Å². The zero-order valence-corrected chi connectivity index (χ0v) is 20.0. The molecule has 2 aromatic rings. The third-order valence-electron chi connectivity index (χ3n) is 5.14. The fraction of sp³-hybridized carbons (Fsp3) is 0.375. The molecule has 176 valence electrons. The van der Waals surface area contributed by atoms with Crippen LogP contribution in [0.3, 0.4) is 0 Å². The lowest BCUT2D eigenvalue weighted by molar-refractivity contribution is -0.148. The minimum Gasteiger partial charge on any atom is -0.480 e. The van der Waals surface area contributed by atoms with E-state index in [1.165, 1.54) is 16.7 Å². The third-order valence-corrected chi connectivity index (χ3v) is 7.37. The van der Waals surface area contributed by atoms with Crippen LogP contribution in [0.4, 0.5) is 0 Å². The summed E-state index contributed by atoms with van der Waals surface area (Å²) in [5.41, 5.74) is 0.891. The van der Waals surface area contributed by atoms with Gasteiger partial charge in [0, 0.05) is 22.2 Å². The minimum absolute atomic E-state index is 0.238. The van der Waals surface area contributed by atoms with Crippen LogP contribution >= 0.6 is 23.5 Å². The molecule has 9 heteroatoms. The second-order valence-electron chi connectivity index (χ2n) is 7.47. The van der Waals surface area contributed by atoms with Crippen LogP contribution in [-0.4, -0.2) is 70.3 Å². The number of hydrogen-bond donors (Lipinski definition) is 2. The Labute approximate surface area is 202 Å². The van der Waals surface area contributed by atoms with E-state index >= 15 is 0 Å². The first-order valence-electron chi connectivity index (χ1n) is 10.7. The zero-order valence-electron chi connectivity index (χ0n) is 18.4. The van der Waals surface area contributed by atoms with E-state index in [9.17, 15) is 19.5 Å². The fourth-order valence-electron chi connectivity index (χ4n) is 3.58. The number of carboxylic acid groups (broad SMARTS) is 1. The molecule has 1 saturated heterocycles. The number of carbonyl (C=O) groups excluding carboxylic acids is 2. The van der Waals surface area contributed by atoms with Gasteiger partial charge in [-0.1, -0.05) is 48.5 Å². The van der Waals surface area contributed by atoms with Crippen molar-refractivity contribution in [3.8, 4) is 0 Å². The van der Waals surface area contributed by atoms with E-state index in [0.29, 0.717) is 17.3 Å². The highest BCUT2D eigenvalue weighted by Gasteiger charge is 2.37. The highest BCUT2D eigenvalue weighted by Crippen LogP contribution is 2.30. The van der Waals surface area contributed by atoms with Crippen LogP contribution in [-0.2, 0) is 19.1 Å². The molecule has 0 saturated carbocycles. The number of nitrogens with zero attached hydrogens (tertiary/aromatic N) is 1. The van der Waals surface area contributed by atoms with Crippen molar-refractivity contribution in [2.75, 3.05) is 30.4 Å². The maximum Gasteiger partial charge on any atom is 0.324 e. The Balaban J connectivity index is 1.79. The van der Waals surface area contributed by atoms with Crippen LogP contribution < -0.4 is 5.32 Å². The Morgan fingerprint density at radius 1 is 1.15 bits per heavy atom. The quantitative estimate of drug-likeness (QED) is 0.389. The van der Waals surface area contributed by atoms with Crippen LogP contribution in [0.2, 0.25) is 0 Å². The van der Waals surface area contributed by atoms with Crippen LogP contribution in [0.15, 0.2) is 65.6 Å². The molecular weight excluding hydrogens is 460 g/mol. The van der Waals surface area contributed by atoms with Crippen molar-refractivity contribution in [2.45, 2.75) is 29.9 Å². The van der Waals surface area contributed by atoms with E-state index < -0.39 is 30.6 Å². The van der Waals surface area contributed by atoms with Crippen molar-refractivity contribution in [3.63, 3.8) is 0 Å². The summed E-state index contributed by atoms with van der Waals surface area (Å²) in [4.78, 5) is 40.1. The molecule has 2 aromatic carbocycles. The molecular formula is C24H28N2O5S2. The third kappa shape index (κ3) is 7.25. The van der Waals surface area contributed by atoms with Gasteiger partial charge in [-0.2, -0.15) is 11.8 Å². The summed E-state index contributed by atoms with van der Waals surface area (Å²) >= 11 is 3.06. The first kappa shape index (κ1) is 25.1. The topological polar surface area (TPSA) is 95.9 Å². The summed E-state index contributed by atoms with van der Waals surface area (Å²) in [6.45, 7) is 1.58. The second-order valence-corrected chi connectivity index (χ2v) is 9.64. The number of amides is 1. The van der Waals surface area contributed by atoms with Gasteiger partial charge in [-0.25, -0.2) is 0 Å². The minimum atomic E-state index is -1.07. The first-order chi connectivity index (χ1) is 16.0. The molecule has 1 aliphatic rings. The van der Waals surface area contributed by atoms with E-state index in [4.69, 9.17) is 4.74 Å². The molecule has 3 unspecified atom stereocenters. The second kappa shape index (κ2) is 12.7. The molecule has 1 fully saturated rings. The summed E-state index contributed by atoms with van der Waals surface area (Å²) < 4.78 is 5.24. The molecule has 1 aliphatic heterocycles. The van der Waals surface area contributed by atoms with Gasteiger partial charge in [-0.15, -0.1) is 11.8 Å².